The largest absolute Gasteiger partial charge is 0.224 e. The highest BCUT2D eigenvalue weighted by atomic mass is 32.2. The zero-order valence-corrected chi connectivity index (χ0v) is 12.3. The highest BCUT2D eigenvalue weighted by molar-refractivity contribution is 7.91. The molecule has 1 aromatic rings. The van der Waals surface area contributed by atoms with E-state index in [4.69, 9.17) is 0 Å². The zero-order valence-electron chi connectivity index (χ0n) is 10.7. The molecule has 0 amide bonds. The van der Waals surface area contributed by atoms with E-state index in [2.05, 4.69) is 0 Å². The fourth-order valence-electron chi connectivity index (χ4n) is 2.39. The van der Waals surface area contributed by atoms with Gasteiger partial charge in [-0.1, -0.05) is 18.2 Å². The zero-order chi connectivity index (χ0) is 14.1. The predicted molar refractivity (Wildman–Crippen MR) is 73.1 cm³/mol. The maximum absolute atomic E-state index is 12.2. The molecule has 5 nitrogen and oxygen atoms in total. The van der Waals surface area contributed by atoms with Crippen LogP contribution in [0, 0.1) is 0 Å². The fourth-order valence-corrected chi connectivity index (χ4v) is 5.28. The molecule has 7 heteroatoms. The van der Waals surface area contributed by atoms with Crippen molar-refractivity contribution in [1.82, 2.24) is 4.31 Å². The Hall–Kier alpha value is -0.920. The molecule has 0 spiro atoms. The lowest BCUT2D eigenvalue weighted by atomic mass is 10.3. The van der Waals surface area contributed by atoms with Crippen LogP contribution in [0.3, 0.4) is 0 Å². The van der Waals surface area contributed by atoms with Crippen LogP contribution in [0.4, 0.5) is 0 Å². The van der Waals surface area contributed by atoms with Crippen molar-refractivity contribution in [3.8, 4) is 0 Å². The second-order valence-electron chi connectivity index (χ2n) is 4.76. The molecule has 2 rings (SSSR count). The minimum absolute atomic E-state index is 0.149. The smallest absolute Gasteiger partial charge is 0.211 e. The van der Waals surface area contributed by atoms with Crippen molar-refractivity contribution in [2.45, 2.75) is 23.8 Å². The van der Waals surface area contributed by atoms with Crippen molar-refractivity contribution in [2.24, 2.45) is 0 Å². The van der Waals surface area contributed by atoms with Crippen LogP contribution in [0.5, 0.6) is 0 Å². The average Bonchev–Trinajstić information content (AvgIpc) is 2.77. The maximum Gasteiger partial charge on any atom is 0.211 e. The second kappa shape index (κ2) is 5.22. The molecule has 0 aliphatic carbocycles. The van der Waals surface area contributed by atoms with Crippen LogP contribution in [0.15, 0.2) is 35.2 Å². The third-order valence-corrected chi connectivity index (χ3v) is 6.41. The molecule has 1 saturated heterocycles. The summed E-state index contributed by atoms with van der Waals surface area (Å²) in [4.78, 5) is 0.246. The summed E-state index contributed by atoms with van der Waals surface area (Å²) in [5.41, 5.74) is 0. The summed E-state index contributed by atoms with van der Waals surface area (Å²) in [7, 11) is -6.78. The molecule has 0 aromatic heterocycles. The van der Waals surface area contributed by atoms with E-state index in [0.29, 0.717) is 19.4 Å². The van der Waals surface area contributed by atoms with Gasteiger partial charge in [-0.05, 0) is 25.0 Å². The number of sulfone groups is 1. The molecule has 1 aromatic carbocycles. The number of benzene rings is 1. The molecule has 1 atom stereocenters. The Bertz CT molecular complexity index is 638. The molecule has 106 valence electrons. The van der Waals surface area contributed by atoms with Gasteiger partial charge in [-0.2, -0.15) is 4.31 Å². The van der Waals surface area contributed by atoms with E-state index in [9.17, 15) is 16.8 Å². The third-order valence-electron chi connectivity index (χ3n) is 3.26. The Balaban J connectivity index is 2.22. The van der Waals surface area contributed by atoms with Crippen molar-refractivity contribution in [3.63, 3.8) is 0 Å². The van der Waals surface area contributed by atoms with Crippen LogP contribution < -0.4 is 0 Å². The first-order valence-electron chi connectivity index (χ1n) is 6.05. The Morgan fingerprint density at radius 3 is 2.37 bits per heavy atom. The van der Waals surface area contributed by atoms with Crippen LogP contribution in [0.1, 0.15) is 12.8 Å². The lowest BCUT2D eigenvalue weighted by Gasteiger charge is -2.21. The molecule has 0 radical (unpaired) electrons. The van der Waals surface area contributed by atoms with Gasteiger partial charge in [-0.3, -0.25) is 0 Å². The van der Waals surface area contributed by atoms with Crippen LogP contribution >= 0.6 is 0 Å². The molecule has 0 N–H and O–H groups in total. The Labute approximate surface area is 114 Å². The first-order valence-corrected chi connectivity index (χ1v) is 9.55. The minimum atomic E-state index is -3.44. The average molecular weight is 303 g/mol. The summed E-state index contributed by atoms with van der Waals surface area (Å²) in [6, 6.07) is 7.70. The lowest BCUT2D eigenvalue weighted by Crippen LogP contribution is -2.38. The highest BCUT2D eigenvalue weighted by Crippen LogP contribution is 2.24. The molecule has 0 unspecified atom stereocenters. The Morgan fingerprint density at radius 2 is 1.79 bits per heavy atom. The number of nitrogens with zero attached hydrogens (tertiary/aromatic N) is 1. The van der Waals surface area contributed by atoms with Crippen LogP contribution in [0.2, 0.25) is 0 Å². The number of sulfonamides is 1. The summed E-state index contributed by atoms with van der Waals surface area (Å²) in [5.74, 6) is -0.149. The van der Waals surface area contributed by atoms with Gasteiger partial charge < -0.3 is 0 Å². The van der Waals surface area contributed by atoms with Gasteiger partial charge in [-0.15, -0.1) is 0 Å². The van der Waals surface area contributed by atoms with E-state index in [0.717, 1.165) is 6.26 Å². The summed E-state index contributed by atoms with van der Waals surface area (Å²) in [6.45, 7) is 0.411. The maximum atomic E-state index is 12.2. The Morgan fingerprint density at radius 1 is 1.16 bits per heavy atom. The molecular formula is C12H17NO4S2. The lowest BCUT2D eigenvalue weighted by molar-refractivity contribution is 0.411. The van der Waals surface area contributed by atoms with E-state index < -0.39 is 25.9 Å². The second-order valence-corrected chi connectivity index (χ2v) is 8.73. The predicted octanol–water partition coefficient (Wildman–Crippen LogP) is 0.884. The number of hydrogen-bond acceptors (Lipinski definition) is 4. The quantitative estimate of drug-likeness (QED) is 0.828. The standard InChI is InChI=1S/C12H17NO4S2/c1-18(14,15)13-9-5-6-11(13)10-19(16,17)12-7-3-2-4-8-12/h2-4,7-8,11H,5-6,9-10H2,1H3/t11-/m1/s1. The molecule has 1 heterocycles. The Kier molecular flexibility index (Phi) is 3.98. The van der Waals surface area contributed by atoms with Crippen LogP contribution in [-0.2, 0) is 19.9 Å². The molecule has 1 aliphatic rings. The number of hydrogen-bond donors (Lipinski definition) is 0. The van der Waals surface area contributed by atoms with Crippen molar-refractivity contribution < 1.29 is 16.8 Å². The summed E-state index contributed by atoms with van der Waals surface area (Å²) in [6.07, 6.45) is 2.43. The van der Waals surface area contributed by atoms with E-state index in [1.54, 1.807) is 18.2 Å². The van der Waals surface area contributed by atoms with Crippen molar-refractivity contribution in [1.29, 1.82) is 0 Å². The molecule has 0 saturated carbocycles. The molecular weight excluding hydrogens is 286 g/mol. The van der Waals surface area contributed by atoms with Crippen molar-refractivity contribution in [2.75, 3.05) is 18.6 Å². The topological polar surface area (TPSA) is 71.5 Å². The van der Waals surface area contributed by atoms with E-state index >= 15 is 0 Å². The normalized spacial score (nSPS) is 21.6. The van der Waals surface area contributed by atoms with Gasteiger partial charge in [0.05, 0.1) is 16.9 Å². The van der Waals surface area contributed by atoms with Crippen molar-refractivity contribution >= 4 is 19.9 Å². The fraction of sp³-hybridized carbons (Fsp3) is 0.500. The van der Waals surface area contributed by atoms with E-state index in [1.165, 1.54) is 16.4 Å². The molecule has 1 fully saturated rings. The van der Waals surface area contributed by atoms with E-state index in [-0.39, 0.29) is 10.6 Å². The molecule has 19 heavy (non-hydrogen) atoms. The minimum Gasteiger partial charge on any atom is -0.224 e. The van der Waals surface area contributed by atoms with Gasteiger partial charge >= 0.3 is 0 Å². The number of rotatable bonds is 4. The van der Waals surface area contributed by atoms with E-state index in [1.807, 2.05) is 0 Å². The van der Waals surface area contributed by atoms with Gasteiger partial charge in [0, 0.05) is 12.6 Å². The highest BCUT2D eigenvalue weighted by Gasteiger charge is 2.34. The van der Waals surface area contributed by atoms with Gasteiger partial charge in [0.15, 0.2) is 9.84 Å². The monoisotopic (exact) mass is 303 g/mol. The summed E-state index contributed by atoms with van der Waals surface area (Å²) < 4.78 is 49.0. The summed E-state index contributed by atoms with van der Waals surface area (Å²) in [5, 5.41) is 0. The van der Waals surface area contributed by atoms with Crippen LogP contribution in [-0.4, -0.2) is 45.7 Å². The first kappa shape index (κ1) is 14.5. The van der Waals surface area contributed by atoms with Crippen molar-refractivity contribution in [3.05, 3.63) is 30.3 Å². The third kappa shape index (κ3) is 3.34. The molecule has 0 bridgehead atoms. The SMILES string of the molecule is CS(=O)(=O)N1CCC[C@@H]1CS(=O)(=O)c1ccccc1. The first-order chi connectivity index (χ1) is 8.81. The molecule has 1 aliphatic heterocycles. The summed E-state index contributed by atoms with van der Waals surface area (Å²) >= 11 is 0. The van der Waals surface area contributed by atoms with Gasteiger partial charge in [0.25, 0.3) is 0 Å². The van der Waals surface area contributed by atoms with Crippen LogP contribution in [0.25, 0.3) is 0 Å². The van der Waals surface area contributed by atoms with Gasteiger partial charge in [0.2, 0.25) is 10.0 Å². The van der Waals surface area contributed by atoms with Gasteiger partial charge in [-0.25, -0.2) is 16.8 Å². The van der Waals surface area contributed by atoms with Gasteiger partial charge in [0.1, 0.15) is 0 Å².